The molecule has 1 N–H and O–H groups in total. The van der Waals surface area contributed by atoms with Gasteiger partial charge in [-0.1, -0.05) is 30.3 Å². The second-order valence-electron chi connectivity index (χ2n) is 4.64. The number of aliphatic hydroxyl groups is 1. The monoisotopic (exact) mass is 286 g/mol. The van der Waals surface area contributed by atoms with Crippen molar-refractivity contribution in [1.82, 2.24) is 0 Å². The molecule has 0 radical (unpaired) electrons. The molecule has 0 bridgehead atoms. The van der Waals surface area contributed by atoms with E-state index < -0.39 is 0 Å². The van der Waals surface area contributed by atoms with Crippen LogP contribution in [0.15, 0.2) is 42.5 Å². The SMILES string of the molecule is COC(=O)Cc1cccc(-c2ccc(OC)c(CO)c2)c1. The van der Waals surface area contributed by atoms with Gasteiger partial charge in [0.1, 0.15) is 5.75 Å². The van der Waals surface area contributed by atoms with Crippen LogP contribution in [0.25, 0.3) is 11.1 Å². The second kappa shape index (κ2) is 6.90. The molecular formula is C17H18O4. The van der Waals surface area contributed by atoms with Crippen LogP contribution in [0.5, 0.6) is 5.75 Å². The average molecular weight is 286 g/mol. The van der Waals surface area contributed by atoms with Gasteiger partial charge in [0, 0.05) is 5.56 Å². The van der Waals surface area contributed by atoms with Crippen LogP contribution >= 0.6 is 0 Å². The van der Waals surface area contributed by atoms with Crippen molar-refractivity contribution < 1.29 is 19.4 Å². The fourth-order valence-corrected chi connectivity index (χ4v) is 2.18. The highest BCUT2D eigenvalue weighted by Gasteiger charge is 2.07. The third-order valence-electron chi connectivity index (χ3n) is 3.29. The maximum absolute atomic E-state index is 11.3. The Bertz CT molecular complexity index is 634. The van der Waals surface area contributed by atoms with Crippen LogP contribution in [0.1, 0.15) is 11.1 Å². The molecule has 0 aromatic heterocycles. The van der Waals surface area contributed by atoms with Crippen LogP contribution in [0.2, 0.25) is 0 Å². The summed E-state index contributed by atoms with van der Waals surface area (Å²) in [5.41, 5.74) is 3.56. The van der Waals surface area contributed by atoms with E-state index in [1.807, 2.05) is 42.5 Å². The van der Waals surface area contributed by atoms with Gasteiger partial charge in [-0.15, -0.1) is 0 Å². The zero-order valence-electron chi connectivity index (χ0n) is 12.1. The lowest BCUT2D eigenvalue weighted by Crippen LogP contribution is -2.04. The maximum Gasteiger partial charge on any atom is 0.309 e. The molecule has 0 spiro atoms. The number of carbonyl (C=O) groups excluding carboxylic acids is 1. The summed E-state index contributed by atoms with van der Waals surface area (Å²) in [5, 5.41) is 9.39. The number of methoxy groups -OCH3 is 2. The Morgan fingerprint density at radius 3 is 2.52 bits per heavy atom. The number of hydrogen-bond donors (Lipinski definition) is 1. The minimum atomic E-state index is -0.266. The average Bonchev–Trinajstić information content (AvgIpc) is 2.54. The molecule has 4 heteroatoms. The van der Waals surface area contributed by atoms with E-state index in [-0.39, 0.29) is 19.0 Å². The minimum absolute atomic E-state index is 0.0845. The smallest absolute Gasteiger partial charge is 0.309 e. The van der Waals surface area contributed by atoms with E-state index in [0.29, 0.717) is 5.75 Å². The molecule has 2 aromatic carbocycles. The number of aliphatic hydroxyl groups excluding tert-OH is 1. The molecule has 2 aromatic rings. The normalized spacial score (nSPS) is 10.2. The first kappa shape index (κ1) is 15.1. The standard InChI is InChI=1S/C17H18O4/c1-20-16-7-6-14(10-15(16)11-18)13-5-3-4-12(8-13)9-17(19)21-2/h3-8,10,18H,9,11H2,1-2H3. The van der Waals surface area contributed by atoms with E-state index in [0.717, 1.165) is 22.3 Å². The summed E-state index contributed by atoms with van der Waals surface area (Å²) in [6.45, 7) is -0.0845. The Morgan fingerprint density at radius 1 is 1.10 bits per heavy atom. The van der Waals surface area contributed by atoms with Gasteiger partial charge in [0.25, 0.3) is 0 Å². The number of carbonyl (C=O) groups is 1. The van der Waals surface area contributed by atoms with Crippen molar-refractivity contribution in [2.75, 3.05) is 14.2 Å². The fraction of sp³-hybridized carbons (Fsp3) is 0.235. The molecule has 2 rings (SSSR count). The van der Waals surface area contributed by atoms with E-state index in [2.05, 4.69) is 4.74 Å². The highest BCUT2D eigenvalue weighted by Crippen LogP contribution is 2.27. The molecule has 0 aliphatic carbocycles. The third-order valence-corrected chi connectivity index (χ3v) is 3.29. The maximum atomic E-state index is 11.3. The highest BCUT2D eigenvalue weighted by molar-refractivity contribution is 5.74. The first-order valence-electron chi connectivity index (χ1n) is 6.62. The molecule has 4 nitrogen and oxygen atoms in total. The molecule has 0 atom stereocenters. The molecule has 0 amide bonds. The van der Waals surface area contributed by atoms with Crippen molar-refractivity contribution in [1.29, 1.82) is 0 Å². The summed E-state index contributed by atoms with van der Waals surface area (Å²) in [4.78, 5) is 11.3. The zero-order valence-corrected chi connectivity index (χ0v) is 12.1. The third kappa shape index (κ3) is 3.61. The Hall–Kier alpha value is -2.33. The largest absolute Gasteiger partial charge is 0.496 e. The predicted octanol–water partition coefficient (Wildman–Crippen LogP) is 2.57. The van der Waals surface area contributed by atoms with Gasteiger partial charge >= 0.3 is 5.97 Å². The van der Waals surface area contributed by atoms with E-state index >= 15 is 0 Å². The minimum Gasteiger partial charge on any atom is -0.496 e. The van der Waals surface area contributed by atoms with Crippen LogP contribution in [0.3, 0.4) is 0 Å². The van der Waals surface area contributed by atoms with E-state index in [1.54, 1.807) is 7.11 Å². The van der Waals surface area contributed by atoms with Crippen LogP contribution in [0.4, 0.5) is 0 Å². The summed E-state index contributed by atoms with van der Waals surface area (Å²) in [6.07, 6.45) is 0.243. The van der Waals surface area contributed by atoms with Gasteiger partial charge in [-0.05, 0) is 28.8 Å². The molecule has 0 saturated heterocycles. The van der Waals surface area contributed by atoms with Gasteiger partial charge in [0.2, 0.25) is 0 Å². The second-order valence-corrected chi connectivity index (χ2v) is 4.64. The summed E-state index contributed by atoms with van der Waals surface area (Å²) in [5.74, 6) is 0.393. The van der Waals surface area contributed by atoms with Crippen LogP contribution in [0, 0.1) is 0 Å². The number of esters is 1. The number of benzene rings is 2. The quantitative estimate of drug-likeness (QED) is 0.858. The molecule has 0 unspecified atom stereocenters. The molecule has 0 aliphatic heterocycles. The van der Waals surface area contributed by atoms with Crippen molar-refractivity contribution >= 4 is 5.97 Å². The molecule has 110 valence electrons. The van der Waals surface area contributed by atoms with Gasteiger partial charge in [0.15, 0.2) is 0 Å². The van der Waals surface area contributed by atoms with Gasteiger partial charge in [-0.25, -0.2) is 0 Å². The van der Waals surface area contributed by atoms with E-state index in [9.17, 15) is 9.90 Å². The van der Waals surface area contributed by atoms with Crippen LogP contribution in [-0.2, 0) is 22.6 Å². The summed E-state index contributed by atoms with van der Waals surface area (Å²) in [7, 11) is 2.95. The van der Waals surface area contributed by atoms with Crippen LogP contribution < -0.4 is 4.74 Å². The van der Waals surface area contributed by atoms with Gasteiger partial charge < -0.3 is 14.6 Å². The Morgan fingerprint density at radius 2 is 1.86 bits per heavy atom. The lowest BCUT2D eigenvalue weighted by Gasteiger charge is -2.10. The summed E-state index contributed by atoms with van der Waals surface area (Å²) >= 11 is 0. The molecule has 0 saturated carbocycles. The van der Waals surface area contributed by atoms with E-state index in [4.69, 9.17) is 4.74 Å². The molecular weight excluding hydrogens is 268 g/mol. The van der Waals surface area contributed by atoms with Crippen LogP contribution in [-0.4, -0.2) is 25.3 Å². The number of rotatable bonds is 5. The topological polar surface area (TPSA) is 55.8 Å². The van der Waals surface area contributed by atoms with Gasteiger partial charge in [0.05, 0.1) is 27.2 Å². The first-order chi connectivity index (χ1) is 10.2. The molecule has 0 aliphatic rings. The lowest BCUT2D eigenvalue weighted by molar-refractivity contribution is -0.139. The van der Waals surface area contributed by atoms with Gasteiger partial charge in [-0.3, -0.25) is 4.79 Å². The lowest BCUT2D eigenvalue weighted by atomic mass is 10.00. The summed E-state index contributed by atoms with van der Waals surface area (Å²) in [6, 6.07) is 13.3. The Labute approximate surface area is 123 Å². The van der Waals surface area contributed by atoms with Crippen molar-refractivity contribution in [3.63, 3.8) is 0 Å². The van der Waals surface area contributed by atoms with Crippen molar-refractivity contribution in [3.8, 4) is 16.9 Å². The van der Waals surface area contributed by atoms with Gasteiger partial charge in [-0.2, -0.15) is 0 Å². The molecule has 21 heavy (non-hydrogen) atoms. The Kier molecular flexibility index (Phi) is 4.95. The summed E-state index contributed by atoms with van der Waals surface area (Å²) < 4.78 is 9.87. The zero-order chi connectivity index (χ0) is 15.2. The van der Waals surface area contributed by atoms with E-state index in [1.165, 1.54) is 7.11 Å². The molecule has 0 heterocycles. The van der Waals surface area contributed by atoms with Crippen molar-refractivity contribution in [2.45, 2.75) is 13.0 Å². The number of hydrogen-bond acceptors (Lipinski definition) is 4. The Balaban J connectivity index is 2.33. The molecule has 0 fully saturated rings. The first-order valence-corrected chi connectivity index (χ1v) is 6.62. The number of ether oxygens (including phenoxy) is 2. The van der Waals surface area contributed by atoms with Crippen molar-refractivity contribution in [2.24, 2.45) is 0 Å². The fourth-order valence-electron chi connectivity index (χ4n) is 2.18. The van der Waals surface area contributed by atoms with Crippen molar-refractivity contribution in [3.05, 3.63) is 53.6 Å². The predicted molar refractivity (Wildman–Crippen MR) is 80.1 cm³/mol. The highest BCUT2D eigenvalue weighted by atomic mass is 16.5.